The van der Waals surface area contributed by atoms with Crippen LogP contribution in [0.5, 0.6) is 0 Å². The third kappa shape index (κ3) is 9.47. The van der Waals surface area contributed by atoms with Gasteiger partial charge in [-0.2, -0.15) is 0 Å². The van der Waals surface area contributed by atoms with Crippen molar-refractivity contribution in [2.24, 2.45) is 22.2 Å². The van der Waals surface area contributed by atoms with E-state index in [1.807, 2.05) is 6.92 Å². The molecule has 33 heavy (non-hydrogen) atoms. The van der Waals surface area contributed by atoms with Crippen molar-refractivity contribution in [1.29, 1.82) is 0 Å². The van der Waals surface area contributed by atoms with Crippen molar-refractivity contribution in [2.45, 2.75) is 81.6 Å². The number of amides is 2. The first kappa shape index (κ1) is 28.5. The molecule has 0 aromatic carbocycles. The molecule has 1 rings (SSSR count). The number of hydrogen-bond acceptors (Lipinski definition) is 9. The predicted molar refractivity (Wildman–Crippen MR) is 117 cm³/mol. The highest BCUT2D eigenvalue weighted by atomic mass is 16.5. The van der Waals surface area contributed by atoms with Crippen LogP contribution in [0.3, 0.4) is 0 Å². The highest BCUT2D eigenvalue weighted by Crippen LogP contribution is 2.23. The number of aliphatic hydroxyl groups excluding tert-OH is 3. The molecule has 190 valence electrons. The number of carboxylic acids is 1. The number of nitrogens with two attached hydrogens (primary N) is 3. The number of aliphatic carboxylic acids is 1. The second kappa shape index (κ2) is 13.9. The van der Waals surface area contributed by atoms with Crippen LogP contribution in [0.4, 0.5) is 0 Å². The maximum absolute atomic E-state index is 12.7. The van der Waals surface area contributed by atoms with Crippen molar-refractivity contribution in [3.8, 4) is 0 Å². The Balaban J connectivity index is 2.76. The van der Waals surface area contributed by atoms with E-state index in [0.717, 1.165) is 0 Å². The fourth-order valence-corrected chi connectivity index (χ4v) is 3.32. The molecule has 0 radical (unpaired) electrons. The van der Waals surface area contributed by atoms with Gasteiger partial charge in [-0.05, 0) is 19.3 Å². The van der Waals surface area contributed by atoms with E-state index in [0.29, 0.717) is 19.3 Å². The number of hydrogen-bond donors (Lipinski definition) is 9. The van der Waals surface area contributed by atoms with E-state index in [-0.39, 0.29) is 25.3 Å². The molecule has 1 saturated heterocycles. The molecular formula is C19H36N6O8. The van der Waals surface area contributed by atoms with E-state index in [1.54, 1.807) is 0 Å². The van der Waals surface area contributed by atoms with Crippen LogP contribution >= 0.6 is 0 Å². The van der Waals surface area contributed by atoms with Gasteiger partial charge < -0.3 is 53.0 Å². The molecule has 1 aliphatic heterocycles. The molecule has 1 heterocycles. The maximum Gasteiger partial charge on any atom is 0.332 e. The van der Waals surface area contributed by atoms with Gasteiger partial charge in [-0.3, -0.25) is 14.6 Å². The normalized spacial score (nSPS) is 25.4. The van der Waals surface area contributed by atoms with Crippen LogP contribution in [0.25, 0.3) is 0 Å². The summed E-state index contributed by atoms with van der Waals surface area (Å²) in [6.07, 6.45) is -6.05. The van der Waals surface area contributed by atoms with Crippen molar-refractivity contribution in [3.63, 3.8) is 0 Å². The zero-order valence-corrected chi connectivity index (χ0v) is 18.6. The monoisotopic (exact) mass is 476 g/mol. The highest BCUT2D eigenvalue weighted by molar-refractivity contribution is 5.89. The third-order valence-corrected chi connectivity index (χ3v) is 5.16. The Labute approximate surface area is 191 Å². The van der Waals surface area contributed by atoms with Gasteiger partial charge in [-0.15, -0.1) is 0 Å². The number of rotatable bonds is 13. The Kier molecular flexibility index (Phi) is 12.0. The molecule has 14 nitrogen and oxygen atoms in total. The Morgan fingerprint density at radius 3 is 2.42 bits per heavy atom. The Hall–Kier alpha value is -2.52. The summed E-state index contributed by atoms with van der Waals surface area (Å²) < 4.78 is 5.17. The molecule has 1 aliphatic rings. The van der Waals surface area contributed by atoms with Crippen LogP contribution in [-0.4, -0.2) is 99.9 Å². The summed E-state index contributed by atoms with van der Waals surface area (Å²) in [5, 5.41) is 44.4. The van der Waals surface area contributed by atoms with Crippen LogP contribution in [-0.2, 0) is 19.1 Å². The van der Waals surface area contributed by atoms with Gasteiger partial charge in [0, 0.05) is 19.5 Å². The molecule has 0 saturated carbocycles. The van der Waals surface area contributed by atoms with Gasteiger partial charge in [0.1, 0.15) is 24.4 Å². The first-order valence-electron chi connectivity index (χ1n) is 10.8. The second-order valence-electron chi connectivity index (χ2n) is 7.94. The fourth-order valence-electron chi connectivity index (χ4n) is 3.32. The smallest absolute Gasteiger partial charge is 0.332 e. The molecule has 0 aromatic heterocycles. The predicted octanol–water partition coefficient (Wildman–Crippen LogP) is -3.91. The number of ether oxygens (including phenoxy) is 1. The highest BCUT2D eigenvalue weighted by Gasteiger charge is 2.43. The number of nitrogens with one attached hydrogen (secondary N) is 2. The van der Waals surface area contributed by atoms with Crippen LogP contribution in [0.2, 0.25) is 0 Å². The lowest BCUT2D eigenvalue weighted by Gasteiger charge is -2.37. The fraction of sp³-hybridized carbons (Fsp3) is 0.789. The Morgan fingerprint density at radius 1 is 1.18 bits per heavy atom. The summed E-state index contributed by atoms with van der Waals surface area (Å²) in [6, 6.07) is -1.80. The number of carbonyl (C=O) groups excluding carboxylic acids is 2. The first-order chi connectivity index (χ1) is 15.5. The third-order valence-electron chi connectivity index (χ3n) is 5.16. The van der Waals surface area contributed by atoms with E-state index >= 15 is 0 Å². The number of carboxylic acid groups (broad SMARTS) is 1. The Bertz CT molecular complexity index is 689. The van der Waals surface area contributed by atoms with Gasteiger partial charge in [0.15, 0.2) is 12.1 Å². The number of aliphatic hydroxyl groups is 3. The second-order valence-corrected chi connectivity index (χ2v) is 7.94. The van der Waals surface area contributed by atoms with Crippen molar-refractivity contribution < 1.29 is 39.5 Å². The zero-order chi connectivity index (χ0) is 25.1. The van der Waals surface area contributed by atoms with E-state index in [9.17, 15) is 29.7 Å². The molecule has 0 aromatic rings. The minimum absolute atomic E-state index is 0.110. The summed E-state index contributed by atoms with van der Waals surface area (Å²) in [5.41, 5.74) is 16.3. The van der Waals surface area contributed by atoms with Gasteiger partial charge in [-0.1, -0.05) is 13.3 Å². The average Bonchev–Trinajstić information content (AvgIpc) is 2.75. The van der Waals surface area contributed by atoms with Crippen molar-refractivity contribution >= 4 is 23.7 Å². The van der Waals surface area contributed by atoms with Gasteiger partial charge >= 0.3 is 5.97 Å². The lowest BCUT2D eigenvalue weighted by molar-refractivity contribution is -0.208. The molecule has 0 spiro atoms. The van der Waals surface area contributed by atoms with Crippen molar-refractivity contribution in [1.82, 2.24) is 10.6 Å². The first-order valence-corrected chi connectivity index (χ1v) is 10.8. The summed E-state index contributed by atoms with van der Waals surface area (Å²) in [4.78, 5) is 39.9. The number of nitrogens with zero attached hydrogens (tertiary/aromatic N) is 1. The summed E-state index contributed by atoms with van der Waals surface area (Å²) in [5.74, 6) is -2.62. The standard InChI is InChI=1S/C19H36N6O8/c1-2-4-9(20)16(29)25-10(5-3-6-23-19(21)22)17(30)24-8-12(27)15-14(28)11(26)7-13(33-15)18(31)32/h9-15,26-28H,2-8,20H2,1H3,(H,24,30)(H,25,29)(H,31,32)(H4,21,22,23)/t9-,10-,11+,12+,13-,14+,15+/m0/s1. The number of carbonyl (C=O) groups is 3. The minimum atomic E-state index is -1.55. The van der Waals surface area contributed by atoms with E-state index in [4.69, 9.17) is 27.0 Å². The zero-order valence-electron chi connectivity index (χ0n) is 18.6. The molecule has 12 N–H and O–H groups in total. The lowest BCUT2D eigenvalue weighted by atomic mass is 9.94. The van der Waals surface area contributed by atoms with E-state index in [2.05, 4.69) is 15.6 Å². The van der Waals surface area contributed by atoms with Gasteiger partial charge in [0.2, 0.25) is 11.8 Å². The van der Waals surface area contributed by atoms with Crippen molar-refractivity contribution in [2.75, 3.05) is 13.1 Å². The quantitative estimate of drug-likeness (QED) is 0.0704. The molecule has 0 bridgehead atoms. The lowest BCUT2D eigenvalue weighted by Crippen LogP contribution is -2.58. The van der Waals surface area contributed by atoms with E-state index in [1.165, 1.54) is 0 Å². The van der Waals surface area contributed by atoms with E-state index < -0.39 is 66.9 Å². The largest absolute Gasteiger partial charge is 0.479 e. The minimum Gasteiger partial charge on any atom is -0.479 e. The topological polar surface area (TPSA) is 256 Å². The Morgan fingerprint density at radius 2 is 1.85 bits per heavy atom. The number of guanidine groups is 1. The molecule has 0 unspecified atom stereocenters. The molecule has 14 heteroatoms. The average molecular weight is 477 g/mol. The summed E-state index contributed by atoms with van der Waals surface area (Å²) >= 11 is 0. The summed E-state index contributed by atoms with van der Waals surface area (Å²) in [6.45, 7) is 1.66. The van der Waals surface area contributed by atoms with Gasteiger partial charge in [0.05, 0.1) is 12.1 Å². The molecular weight excluding hydrogens is 440 g/mol. The molecule has 1 fully saturated rings. The van der Waals surface area contributed by atoms with Crippen LogP contribution < -0.4 is 27.8 Å². The van der Waals surface area contributed by atoms with Gasteiger partial charge in [-0.25, -0.2) is 4.79 Å². The van der Waals surface area contributed by atoms with Crippen LogP contribution in [0, 0.1) is 0 Å². The maximum atomic E-state index is 12.7. The number of aliphatic imine (C=N–C) groups is 1. The molecule has 2 amide bonds. The SMILES string of the molecule is CCC[C@H](N)C(=O)N[C@@H](CCCN=C(N)N)C(=O)NC[C@@H](O)[C@H]1O[C@H](C(=O)O)C[C@@H](O)[C@H]1O. The van der Waals surface area contributed by atoms with Crippen molar-refractivity contribution in [3.05, 3.63) is 0 Å². The summed E-state index contributed by atoms with van der Waals surface area (Å²) in [7, 11) is 0. The van der Waals surface area contributed by atoms with Gasteiger partial charge in [0.25, 0.3) is 0 Å². The molecule has 0 aliphatic carbocycles. The molecule has 7 atom stereocenters. The van der Waals surface area contributed by atoms with Crippen LogP contribution in [0.15, 0.2) is 4.99 Å². The van der Waals surface area contributed by atoms with Crippen LogP contribution in [0.1, 0.15) is 39.0 Å².